The number of nitrogens with zero attached hydrogens (tertiary/aromatic N) is 4. The van der Waals surface area contributed by atoms with Crippen molar-refractivity contribution in [2.45, 2.75) is 19.3 Å². The number of hydrogen-bond acceptors (Lipinski definition) is 4. The first-order valence-corrected chi connectivity index (χ1v) is 8.42. The average molecular weight is 392 g/mol. The van der Waals surface area contributed by atoms with Crippen LogP contribution in [-0.2, 0) is 19.3 Å². The zero-order valence-corrected chi connectivity index (χ0v) is 14.6. The highest BCUT2D eigenvalue weighted by atomic mass is 35.5. The molecule has 3 aromatic rings. The lowest BCUT2D eigenvalue weighted by atomic mass is 9.95. The summed E-state index contributed by atoms with van der Waals surface area (Å²) in [4.78, 5) is 4.43. The third kappa shape index (κ3) is 3.00. The first kappa shape index (κ1) is 17.7. The SMILES string of the molecule is NCc1nnc2n1-c1cccc(C(F)(F)F)c1C(c1cccc(Cl)c1)=NC2. The minimum absolute atomic E-state index is 0.0369. The Balaban J connectivity index is 2.07. The number of aromatic nitrogens is 3. The molecule has 1 aliphatic rings. The molecule has 2 aromatic carbocycles. The molecule has 0 saturated heterocycles. The predicted octanol–water partition coefficient (Wildman–Crippen LogP) is 3.75. The highest BCUT2D eigenvalue weighted by molar-refractivity contribution is 6.31. The van der Waals surface area contributed by atoms with Crippen molar-refractivity contribution in [3.8, 4) is 5.69 Å². The smallest absolute Gasteiger partial charge is 0.324 e. The minimum Gasteiger partial charge on any atom is -0.324 e. The molecule has 1 aliphatic heterocycles. The molecule has 0 unspecified atom stereocenters. The lowest BCUT2D eigenvalue weighted by Crippen LogP contribution is -2.18. The average Bonchev–Trinajstić information content (AvgIpc) is 2.96. The Labute approximate surface area is 157 Å². The molecule has 0 atom stereocenters. The van der Waals surface area contributed by atoms with E-state index in [1.165, 1.54) is 6.07 Å². The number of rotatable bonds is 2. The topological polar surface area (TPSA) is 69.1 Å². The molecule has 0 radical (unpaired) electrons. The number of benzene rings is 2. The van der Waals surface area contributed by atoms with Crippen molar-refractivity contribution in [3.05, 3.63) is 75.8 Å². The maximum Gasteiger partial charge on any atom is 0.417 e. The van der Waals surface area contributed by atoms with Crippen molar-refractivity contribution in [2.75, 3.05) is 0 Å². The van der Waals surface area contributed by atoms with Gasteiger partial charge in [-0.2, -0.15) is 13.2 Å². The van der Waals surface area contributed by atoms with Gasteiger partial charge in [0.2, 0.25) is 0 Å². The molecule has 1 aromatic heterocycles. The molecule has 9 heteroatoms. The van der Waals surface area contributed by atoms with E-state index < -0.39 is 11.7 Å². The number of nitrogens with two attached hydrogens (primary N) is 1. The van der Waals surface area contributed by atoms with E-state index in [1.54, 1.807) is 34.9 Å². The van der Waals surface area contributed by atoms with Gasteiger partial charge in [-0.15, -0.1) is 10.2 Å². The van der Waals surface area contributed by atoms with Crippen LogP contribution in [0, 0.1) is 0 Å². The summed E-state index contributed by atoms with van der Waals surface area (Å²) in [5.41, 5.74) is 5.88. The lowest BCUT2D eigenvalue weighted by Gasteiger charge is -2.19. The van der Waals surface area contributed by atoms with Gasteiger partial charge < -0.3 is 5.73 Å². The summed E-state index contributed by atoms with van der Waals surface area (Å²) >= 11 is 6.06. The summed E-state index contributed by atoms with van der Waals surface area (Å²) in [7, 11) is 0. The fraction of sp³-hybridized carbons (Fsp3) is 0.167. The van der Waals surface area contributed by atoms with Crippen LogP contribution in [0.1, 0.15) is 28.3 Å². The van der Waals surface area contributed by atoms with Crippen LogP contribution < -0.4 is 5.73 Å². The predicted molar refractivity (Wildman–Crippen MR) is 95.0 cm³/mol. The number of hydrogen-bond donors (Lipinski definition) is 1. The van der Waals surface area contributed by atoms with Crippen LogP contribution in [0.25, 0.3) is 5.69 Å². The second kappa shape index (κ2) is 6.47. The molecule has 0 saturated carbocycles. The third-order valence-electron chi connectivity index (χ3n) is 4.28. The quantitative estimate of drug-likeness (QED) is 0.723. The summed E-state index contributed by atoms with van der Waals surface area (Å²) in [6.07, 6.45) is -4.56. The number of alkyl halides is 3. The van der Waals surface area contributed by atoms with Crippen molar-refractivity contribution in [3.63, 3.8) is 0 Å². The maximum atomic E-state index is 13.8. The summed E-state index contributed by atoms with van der Waals surface area (Å²) < 4.78 is 43.0. The Morgan fingerprint density at radius 3 is 2.59 bits per heavy atom. The minimum atomic E-state index is -4.56. The van der Waals surface area contributed by atoms with E-state index in [2.05, 4.69) is 15.2 Å². The summed E-state index contributed by atoms with van der Waals surface area (Å²) in [5, 5.41) is 8.43. The molecule has 2 heterocycles. The number of fused-ring (bicyclic) bond motifs is 3. The summed E-state index contributed by atoms with van der Waals surface area (Å²) in [5.74, 6) is 0.793. The van der Waals surface area contributed by atoms with Crippen LogP contribution in [0.4, 0.5) is 13.2 Å². The number of aliphatic imine (C=N–C) groups is 1. The van der Waals surface area contributed by atoms with Crippen molar-refractivity contribution in [2.24, 2.45) is 10.7 Å². The molecule has 0 bridgehead atoms. The van der Waals surface area contributed by atoms with E-state index in [0.717, 1.165) is 6.07 Å². The Hall–Kier alpha value is -2.71. The summed E-state index contributed by atoms with van der Waals surface area (Å²) in [6, 6.07) is 10.6. The monoisotopic (exact) mass is 391 g/mol. The van der Waals surface area contributed by atoms with Crippen LogP contribution in [0.5, 0.6) is 0 Å². The Morgan fingerprint density at radius 1 is 1.11 bits per heavy atom. The molecule has 2 N–H and O–H groups in total. The van der Waals surface area contributed by atoms with Crippen molar-refractivity contribution in [1.82, 2.24) is 14.8 Å². The normalized spacial score (nSPS) is 13.6. The molecule has 138 valence electrons. The molecular weight excluding hydrogens is 379 g/mol. The van der Waals surface area contributed by atoms with E-state index in [9.17, 15) is 13.2 Å². The van der Waals surface area contributed by atoms with Gasteiger partial charge in [0, 0.05) is 16.1 Å². The van der Waals surface area contributed by atoms with Crippen LogP contribution >= 0.6 is 11.6 Å². The Morgan fingerprint density at radius 2 is 1.89 bits per heavy atom. The largest absolute Gasteiger partial charge is 0.417 e. The second-order valence-electron chi connectivity index (χ2n) is 5.94. The first-order valence-electron chi connectivity index (χ1n) is 8.04. The number of halogens is 4. The molecule has 0 aliphatic carbocycles. The van der Waals surface area contributed by atoms with E-state index in [4.69, 9.17) is 17.3 Å². The molecule has 0 fully saturated rings. The third-order valence-corrected chi connectivity index (χ3v) is 4.52. The van der Waals surface area contributed by atoms with Gasteiger partial charge in [-0.05, 0) is 24.3 Å². The highest BCUT2D eigenvalue weighted by Gasteiger charge is 2.37. The highest BCUT2D eigenvalue weighted by Crippen LogP contribution is 2.37. The summed E-state index contributed by atoms with van der Waals surface area (Å²) in [6.45, 7) is 0.107. The van der Waals surface area contributed by atoms with Gasteiger partial charge in [0.05, 0.1) is 23.5 Å². The van der Waals surface area contributed by atoms with Crippen LogP contribution in [0.2, 0.25) is 5.02 Å². The fourth-order valence-electron chi connectivity index (χ4n) is 3.18. The molecular formula is C18H13ClF3N5. The van der Waals surface area contributed by atoms with Gasteiger partial charge in [0.15, 0.2) is 11.6 Å². The van der Waals surface area contributed by atoms with Crippen LogP contribution in [-0.4, -0.2) is 20.5 Å². The van der Waals surface area contributed by atoms with Crippen molar-refractivity contribution >= 4 is 17.3 Å². The van der Waals surface area contributed by atoms with Gasteiger partial charge in [-0.3, -0.25) is 9.56 Å². The van der Waals surface area contributed by atoms with Gasteiger partial charge in [0.25, 0.3) is 0 Å². The lowest BCUT2D eigenvalue weighted by molar-refractivity contribution is -0.137. The van der Waals surface area contributed by atoms with E-state index in [1.807, 2.05) is 0 Å². The van der Waals surface area contributed by atoms with Gasteiger partial charge in [-0.1, -0.05) is 29.8 Å². The van der Waals surface area contributed by atoms with Crippen LogP contribution in [0.3, 0.4) is 0 Å². The fourth-order valence-corrected chi connectivity index (χ4v) is 3.37. The van der Waals surface area contributed by atoms with E-state index in [0.29, 0.717) is 27.9 Å². The van der Waals surface area contributed by atoms with Crippen molar-refractivity contribution in [1.29, 1.82) is 0 Å². The van der Waals surface area contributed by atoms with E-state index in [-0.39, 0.29) is 24.4 Å². The zero-order chi connectivity index (χ0) is 19.2. The van der Waals surface area contributed by atoms with Gasteiger partial charge in [0.1, 0.15) is 6.54 Å². The van der Waals surface area contributed by atoms with Crippen LogP contribution in [0.15, 0.2) is 47.5 Å². The molecule has 27 heavy (non-hydrogen) atoms. The zero-order valence-electron chi connectivity index (χ0n) is 13.8. The van der Waals surface area contributed by atoms with Crippen molar-refractivity contribution < 1.29 is 13.2 Å². The molecule has 4 rings (SSSR count). The molecule has 5 nitrogen and oxygen atoms in total. The molecule has 0 amide bonds. The molecule has 0 spiro atoms. The van der Waals surface area contributed by atoms with Gasteiger partial charge >= 0.3 is 6.18 Å². The van der Waals surface area contributed by atoms with Gasteiger partial charge in [-0.25, -0.2) is 0 Å². The van der Waals surface area contributed by atoms with E-state index >= 15 is 0 Å². The maximum absolute atomic E-state index is 13.8. The second-order valence-corrected chi connectivity index (χ2v) is 6.38. The Kier molecular flexibility index (Phi) is 4.24. The standard InChI is InChI=1S/C18H13ClF3N5/c19-11-4-1-3-10(7-11)17-16-12(18(20,21)22)5-2-6-13(16)27-14(8-23)25-26-15(27)9-24-17/h1-7H,8-9,23H2. The first-order chi connectivity index (χ1) is 12.9. The Bertz CT molecular complexity index is 1060.